The van der Waals surface area contributed by atoms with Crippen molar-refractivity contribution in [3.05, 3.63) is 118 Å². The second-order valence-corrected chi connectivity index (χ2v) is 12.2. The van der Waals surface area contributed by atoms with Gasteiger partial charge < -0.3 is 10.4 Å². The standard InChI is InChI=1S/C31H29BrN2O5S/c1-20(2)22-12-15-26(16-13-22)40(38,39)34-28-17-14-25(32)19-27(28)30(35)33-29(31(36)37)18-21-8-10-24(11-9-21)23-6-4-3-5-7-23/h3-17,19-20,29,34H,18H2,1-2H3,(H,33,35)(H,36,37). The molecule has 40 heavy (non-hydrogen) atoms. The third-order valence-corrected chi connectivity index (χ3v) is 8.31. The Hall–Kier alpha value is -3.95. The van der Waals surface area contributed by atoms with Gasteiger partial charge in [-0.3, -0.25) is 9.52 Å². The topological polar surface area (TPSA) is 113 Å². The van der Waals surface area contributed by atoms with Crippen molar-refractivity contribution in [2.75, 3.05) is 4.72 Å². The van der Waals surface area contributed by atoms with Gasteiger partial charge in [0.25, 0.3) is 15.9 Å². The van der Waals surface area contributed by atoms with E-state index in [2.05, 4.69) is 26.0 Å². The van der Waals surface area contributed by atoms with E-state index in [9.17, 15) is 23.1 Å². The number of amides is 1. The maximum absolute atomic E-state index is 13.3. The summed E-state index contributed by atoms with van der Waals surface area (Å²) in [5, 5.41) is 12.4. The highest BCUT2D eigenvalue weighted by molar-refractivity contribution is 9.10. The molecule has 1 atom stereocenters. The first kappa shape index (κ1) is 29.0. The van der Waals surface area contributed by atoms with E-state index in [1.54, 1.807) is 18.2 Å². The van der Waals surface area contributed by atoms with Crippen LogP contribution in [0.25, 0.3) is 11.1 Å². The number of carboxylic acid groups (broad SMARTS) is 1. The molecule has 4 rings (SSSR count). The van der Waals surface area contributed by atoms with E-state index in [0.717, 1.165) is 22.3 Å². The van der Waals surface area contributed by atoms with E-state index in [0.29, 0.717) is 4.47 Å². The Morgan fingerprint density at radius 2 is 1.48 bits per heavy atom. The third-order valence-electron chi connectivity index (χ3n) is 6.43. The van der Waals surface area contributed by atoms with Crippen LogP contribution in [-0.2, 0) is 21.2 Å². The molecule has 0 aliphatic rings. The molecule has 0 saturated heterocycles. The van der Waals surface area contributed by atoms with Crippen LogP contribution in [0.2, 0.25) is 0 Å². The summed E-state index contributed by atoms with van der Waals surface area (Å²) >= 11 is 3.31. The van der Waals surface area contributed by atoms with Crippen LogP contribution < -0.4 is 10.0 Å². The lowest BCUT2D eigenvalue weighted by Crippen LogP contribution is -2.42. The Balaban J connectivity index is 1.53. The number of carboxylic acids is 1. The zero-order chi connectivity index (χ0) is 28.9. The Morgan fingerprint density at radius 1 is 0.850 bits per heavy atom. The molecule has 0 radical (unpaired) electrons. The molecule has 0 fully saturated rings. The van der Waals surface area contributed by atoms with Crippen LogP contribution in [0.3, 0.4) is 0 Å². The number of anilines is 1. The molecule has 0 spiro atoms. The van der Waals surface area contributed by atoms with Crippen LogP contribution in [0, 0.1) is 0 Å². The SMILES string of the molecule is CC(C)c1ccc(S(=O)(=O)Nc2ccc(Br)cc2C(=O)NC(Cc2ccc(-c3ccccc3)cc2)C(=O)O)cc1. The molecule has 0 saturated carbocycles. The molecule has 0 aromatic heterocycles. The van der Waals surface area contributed by atoms with E-state index in [1.807, 2.05) is 68.4 Å². The number of hydrogen-bond acceptors (Lipinski definition) is 4. The molecule has 206 valence electrons. The highest BCUT2D eigenvalue weighted by atomic mass is 79.9. The van der Waals surface area contributed by atoms with Gasteiger partial charge in [-0.15, -0.1) is 0 Å². The Bertz CT molecular complexity index is 1600. The lowest BCUT2D eigenvalue weighted by atomic mass is 10.0. The number of carbonyl (C=O) groups excluding carboxylic acids is 1. The average molecular weight is 622 g/mol. The number of aliphatic carboxylic acids is 1. The van der Waals surface area contributed by atoms with Crippen molar-refractivity contribution in [3.8, 4) is 11.1 Å². The molecular weight excluding hydrogens is 592 g/mol. The van der Waals surface area contributed by atoms with Gasteiger partial charge in [-0.1, -0.05) is 96.5 Å². The van der Waals surface area contributed by atoms with E-state index >= 15 is 0 Å². The van der Waals surface area contributed by atoms with E-state index in [-0.39, 0.29) is 28.5 Å². The van der Waals surface area contributed by atoms with Gasteiger partial charge >= 0.3 is 5.97 Å². The lowest BCUT2D eigenvalue weighted by Gasteiger charge is -2.18. The van der Waals surface area contributed by atoms with E-state index < -0.39 is 27.9 Å². The zero-order valence-corrected chi connectivity index (χ0v) is 24.4. The number of nitrogens with one attached hydrogen (secondary N) is 2. The molecule has 0 bridgehead atoms. The average Bonchev–Trinajstić information content (AvgIpc) is 2.94. The van der Waals surface area contributed by atoms with E-state index in [1.165, 1.54) is 24.3 Å². The molecule has 7 nitrogen and oxygen atoms in total. The van der Waals surface area contributed by atoms with Crippen molar-refractivity contribution < 1.29 is 23.1 Å². The largest absolute Gasteiger partial charge is 0.480 e. The Labute approximate surface area is 242 Å². The Morgan fingerprint density at radius 3 is 2.08 bits per heavy atom. The minimum atomic E-state index is -4.01. The predicted molar refractivity (Wildman–Crippen MR) is 160 cm³/mol. The summed E-state index contributed by atoms with van der Waals surface area (Å²) in [6, 6.07) is 27.0. The summed E-state index contributed by atoms with van der Waals surface area (Å²) in [4.78, 5) is 25.4. The summed E-state index contributed by atoms with van der Waals surface area (Å²) in [5.74, 6) is -1.68. The molecule has 1 amide bonds. The van der Waals surface area contributed by atoms with Crippen molar-refractivity contribution in [1.29, 1.82) is 0 Å². The van der Waals surface area contributed by atoms with Gasteiger partial charge in [0.1, 0.15) is 6.04 Å². The van der Waals surface area contributed by atoms with Crippen molar-refractivity contribution in [2.24, 2.45) is 0 Å². The second-order valence-electron chi connectivity index (χ2n) is 9.65. The molecular formula is C31H29BrN2O5S. The van der Waals surface area contributed by atoms with Crippen LogP contribution in [0.4, 0.5) is 5.69 Å². The lowest BCUT2D eigenvalue weighted by molar-refractivity contribution is -0.139. The summed E-state index contributed by atoms with van der Waals surface area (Å²) in [5.41, 5.74) is 3.78. The zero-order valence-electron chi connectivity index (χ0n) is 22.0. The van der Waals surface area contributed by atoms with Crippen LogP contribution in [0.5, 0.6) is 0 Å². The molecule has 4 aromatic rings. The van der Waals surface area contributed by atoms with Crippen molar-refractivity contribution in [3.63, 3.8) is 0 Å². The molecule has 0 aliphatic carbocycles. The minimum Gasteiger partial charge on any atom is -0.480 e. The first-order chi connectivity index (χ1) is 19.0. The van der Waals surface area contributed by atoms with Gasteiger partial charge in [-0.05, 0) is 58.5 Å². The van der Waals surface area contributed by atoms with Gasteiger partial charge in [-0.25, -0.2) is 13.2 Å². The highest BCUT2D eigenvalue weighted by Gasteiger charge is 2.25. The first-order valence-corrected chi connectivity index (χ1v) is 14.9. The normalized spacial score (nSPS) is 12.1. The third kappa shape index (κ3) is 7.16. The molecule has 4 aromatic carbocycles. The van der Waals surface area contributed by atoms with Crippen molar-refractivity contribution >= 4 is 43.5 Å². The van der Waals surface area contributed by atoms with Gasteiger partial charge in [-0.2, -0.15) is 0 Å². The fraction of sp³-hybridized carbons (Fsp3) is 0.161. The molecule has 0 aliphatic heterocycles. The van der Waals surface area contributed by atoms with Crippen LogP contribution in [0.1, 0.15) is 41.3 Å². The van der Waals surface area contributed by atoms with Gasteiger partial charge in [0, 0.05) is 10.9 Å². The first-order valence-electron chi connectivity index (χ1n) is 12.6. The van der Waals surface area contributed by atoms with Crippen LogP contribution >= 0.6 is 15.9 Å². The summed E-state index contributed by atoms with van der Waals surface area (Å²) in [6.07, 6.45) is 0.0490. The minimum absolute atomic E-state index is 0.0116. The summed E-state index contributed by atoms with van der Waals surface area (Å²) in [7, 11) is -4.01. The van der Waals surface area contributed by atoms with Crippen molar-refractivity contribution in [1.82, 2.24) is 5.32 Å². The number of rotatable bonds is 10. The van der Waals surface area contributed by atoms with Gasteiger partial charge in [0.15, 0.2) is 0 Å². The summed E-state index contributed by atoms with van der Waals surface area (Å²) in [6.45, 7) is 4.03. The maximum atomic E-state index is 13.3. The fourth-order valence-corrected chi connectivity index (χ4v) is 5.61. The number of carbonyl (C=O) groups is 2. The Kier molecular flexibility index (Phi) is 9.07. The molecule has 9 heteroatoms. The van der Waals surface area contributed by atoms with Crippen molar-refractivity contribution in [2.45, 2.75) is 37.1 Å². The van der Waals surface area contributed by atoms with Gasteiger partial charge in [0.2, 0.25) is 0 Å². The molecule has 0 heterocycles. The second kappa shape index (κ2) is 12.5. The number of halogens is 1. The van der Waals surface area contributed by atoms with Crippen LogP contribution in [0.15, 0.2) is 106 Å². The molecule has 3 N–H and O–H groups in total. The fourth-order valence-electron chi connectivity index (χ4n) is 4.16. The van der Waals surface area contributed by atoms with Gasteiger partial charge in [0.05, 0.1) is 16.1 Å². The quantitative estimate of drug-likeness (QED) is 0.188. The smallest absolute Gasteiger partial charge is 0.326 e. The number of hydrogen-bond donors (Lipinski definition) is 3. The number of sulfonamides is 1. The maximum Gasteiger partial charge on any atom is 0.326 e. The molecule has 1 unspecified atom stereocenters. The summed E-state index contributed by atoms with van der Waals surface area (Å²) < 4.78 is 29.2. The monoisotopic (exact) mass is 620 g/mol. The van der Waals surface area contributed by atoms with E-state index in [4.69, 9.17) is 0 Å². The number of benzene rings is 4. The highest BCUT2D eigenvalue weighted by Crippen LogP contribution is 2.26. The predicted octanol–water partition coefficient (Wildman–Crippen LogP) is 6.47. The van der Waals surface area contributed by atoms with Crippen LogP contribution in [-0.4, -0.2) is 31.4 Å².